The van der Waals surface area contributed by atoms with Crippen molar-refractivity contribution in [1.82, 2.24) is 29.9 Å². The van der Waals surface area contributed by atoms with Crippen LogP contribution in [0.2, 0.25) is 0 Å². The number of nitrogens with zero attached hydrogens (tertiary/aromatic N) is 9. The van der Waals surface area contributed by atoms with E-state index < -0.39 is 0 Å². The third kappa shape index (κ3) is 19.0. The van der Waals surface area contributed by atoms with E-state index >= 15 is 0 Å². The molecule has 0 spiro atoms. The van der Waals surface area contributed by atoms with Gasteiger partial charge in [-0.15, -0.1) is 0 Å². The van der Waals surface area contributed by atoms with E-state index in [-0.39, 0.29) is 0 Å². The van der Waals surface area contributed by atoms with E-state index in [1.165, 1.54) is 91.5 Å². The van der Waals surface area contributed by atoms with Crippen LogP contribution in [0.1, 0.15) is 86.5 Å². The topological polar surface area (TPSA) is 179 Å². The lowest BCUT2D eigenvalue weighted by Crippen LogP contribution is -2.30. The number of benzene rings is 6. The summed E-state index contributed by atoms with van der Waals surface area (Å²) in [5.74, 6) is 3.36. The summed E-state index contributed by atoms with van der Waals surface area (Å²) in [4.78, 5) is 35.0. The van der Waals surface area contributed by atoms with Gasteiger partial charge in [0.15, 0.2) is 0 Å². The number of hydrogen-bond donors (Lipinski definition) is 3. The Labute approximate surface area is 575 Å². The monoisotopic (exact) mass is 1310 g/mol. The summed E-state index contributed by atoms with van der Waals surface area (Å²) < 4.78 is 35.6. The molecule has 18 bridgehead atoms. The molecule has 15 rings (SSSR count). The quantitative estimate of drug-likeness (QED) is 0.142. The number of ether oxygens (including phenoxy) is 6. The Hall–Kier alpha value is -9.98. The standard InChI is InChI=1S/2C27H30N4O2.C26H28N4O2/c1-3-14-31(15-4-1)26-11-10-23-18-22(26)20-32-16-5-2-6-17-33-24-9-7-8-21(19-24)25-12-13-28-27(29-23)30-25;1-2-13-31(14-3-1)26-10-9-24-18-23(26)20-33-16-5-4-15-32-19-21-7-6-8-22(17-21)25-11-12-28-27(29-24)30-25;1-2-13-30(14-3-1)25-10-9-22-17-21(25)19-31-15-4-5-16-32-23-8-6-7-20(18-23)24-11-12-27-26(28-22)29-24/h2,5,7-13,18-19H,1,3-4,6,14-17,20H2,(H,28,29,30);4-12,17-18H,1-3,13-16,19-20H2,(H,28,29,30);4-12,17-18H,1-3,13-16,19H2,(H,27,28,29)/b5-2+;5-4+;5-4-. The lowest BCUT2D eigenvalue weighted by molar-refractivity contribution is 0.140. The van der Waals surface area contributed by atoms with Crippen LogP contribution in [0.25, 0.3) is 33.8 Å². The maximum atomic E-state index is 6.02. The zero-order valence-corrected chi connectivity index (χ0v) is 55.9. The Morgan fingerprint density at radius 1 is 0.327 bits per heavy atom. The normalized spacial score (nSPS) is 17.8. The second kappa shape index (κ2) is 34.8. The van der Waals surface area contributed by atoms with Gasteiger partial charge in [-0.2, -0.15) is 0 Å². The van der Waals surface area contributed by atoms with Crippen LogP contribution in [0.15, 0.2) is 201 Å². The molecular weight excluding hydrogens is 1220 g/mol. The second-order valence-electron chi connectivity index (χ2n) is 25.0. The zero-order valence-electron chi connectivity index (χ0n) is 55.9. The maximum Gasteiger partial charge on any atom is 0.227 e. The minimum Gasteiger partial charge on any atom is -0.493 e. The molecule has 6 aromatic carbocycles. The molecule has 3 N–H and O–H groups in total. The number of piperidine rings is 3. The van der Waals surface area contributed by atoms with Crippen molar-refractivity contribution in [2.75, 3.05) is 110 Å². The number of rotatable bonds is 3. The minimum atomic E-state index is 0.498. The summed E-state index contributed by atoms with van der Waals surface area (Å²) in [6.07, 6.45) is 29.8. The van der Waals surface area contributed by atoms with E-state index in [0.717, 1.165) is 114 Å². The zero-order chi connectivity index (χ0) is 66.2. The van der Waals surface area contributed by atoms with Gasteiger partial charge in [0, 0.05) is 125 Å². The first-order chi connectivity index (χ1) is 48.5. The van der Waals surface area contributed by atoms with Crippen molar-refractivity contribution in [2.45, 2.75) is 90.6 Å². The lowest BCUT2D eigenvalue weighted by atomic mass is 10.1. The largest absolute Gasteiger partial charge is 0.493 e. The van der Waals surface area contributed by atoms with E-state index in [1.54, 1.807) is 18.6 Å². The van der Waals surface area contributed by atoms with E-state index in [1.807, 2.05) is 97.1 Å². The summed E-state index contributed by atoms with van der Waals surface area (Å²) in [7, 11) is 0. The Morgan fingerprint density at radius 3 is 1.14 bits per heavy atom. The molecule has 18 nitrogen and oxygen atoms in total. The van der Waals surface area contributed by atoms with Crippen LogP contribution in [0, 0.1) is 0 Å². The van der Waals surface area contributed by atoms with Crippen molar-refractivity contribution in [2.24, 2.45) is 0 Å². The molecule has 0 unspecified atom stereocenters. The summed E-state index contributed by atoms with van der Waals surface area (Å²) in [6.45, 7) is 12.2. The molecule has 3 fully saturated rings. The highest BCUT2D eigenvalue weighted by molar-refractivity contribution is 5.70. The highest BCUT2D eigenvalue weighted by Crippen LogP contribution is 2.34. The summed E-state index contributed by atoms with van der Waals surface area (Å²) in [5, 5.41) is 10.1. The van der Waals surface area contributed by atoms with Crippen molar-refractivity contribution < 1.29 is 28.4 Å². The molecule has 0 atom stereocenters. The van der Waals surface area contributed by atoms with Gasteiger partial charge < -0.3 is 59.1 Å². The van der Waals surface area contributed by atoms with Crippen molar-refractivity contribution in [3.63, 3.8) is 0 Å². The first kappa shape index (κ1) is 66.6. The fourth-order valence-corrected chi connectivity index (χ4v) is 12.9. The van der Waals surface area contributed by atoms with Crippen LogP contribution < -0.4 is 40.1 Å². The van der Waals surface area contributed by atoms with Gasteiger partial charge >= 0.3 is 0 Å². The van der Waals surface area contributed by atoms with Crippen LogP contribution in [0.3, 0.4) is 0 Å². The molecule has 9 aromatic rings. The number of nitrogens with one attached hydrogen (secondary N) is 3. The van der Waals surface area contributed by atoms with Crippen LogP contribution in [0.5, 0.6) is 11.5 Å². The van der Waals surface area contributed by atoms with Gasteiger partial charge in [0.1, 0.15) is 18.1 Å². The van der Waals surface area contributed by atoms with Crippen molar-refractivity contribution in [3.8, 4) is 45.3 Å². The molecule has 6 aliphatic rings. The molecule has 0 aliphatic carbocycles. The lowest BCUT2D eigenvalue weighted by Gasteiger charge is -2.31. The number of aromatic nitrogens is 6. The van der Waals surface area contributed by atoms with Gasteiger partial charge in [0.25, 0.3) is 0 Å². The molecule has 0 radical (unpaired) electrons. The molecule has 504 valence electrons. The fraction of sp³-hybridized carbons (Fsp3) is 0.325. The van der Waals surface area contributed by atoms with E-state index in [0.29, 0.717) is 83.9 Å². The molecule has 0 amide bonds. The number of hydrogen-bond acceptors (Lipinski definition) is 18. The van der Waals surface area contributed by atoms with Crippen molar-refractivity contribution in [1.29, 1.82) is 0 Å². The first-order valence-electron chi connectivity index (χ1n) is 34.8. The minimum absolute atomic E-state index is 0.498. The second-order valence-corrected chi connectivity index (χ2v) is 25.0. The Morgan fingerprint density at radius 2 is 0.704 bits per heavy atom. The number of fused-ring (bicyclic) bond motifs is 21. The van der Waals surface area contributed by atoms with Gasteiger partial charge in [-0.3, -0.25) is 0 Å². The highest BCUT2D eigenvalue weighted by Gasteiger charge is 2.20. The predicted octanol–water partition coefficient (Wildman–Crippen LogP) is 16.6. The average Bonchev–Trinajstić information content (AvgIpc) is 0.961. The van der Waals surface area contributed by atoms with Gasteiger partial charge in [0.05, 0.1) is 76.5 Å². The molecular formula is C80H88N12O6. The molecule has 3 aromatic heterocycles. The molecule has 6 aliphatic heterocycles. The Kier molecular flexibility index (Phi) is 23.7. The van der Waals surface area contributed by atoms with E-state index in [4.69, 9.17) is 43.4 Å². The smallest absolute Gasteiger partial charge is 0.227 e. The Balaban J connectivity index is 0.000000132. The predicted molar refractivity (Wildman–Crippen MR) is 391 cm³/mol. The van der Waals surface area contributed by atoms with Crippen molar-refractivity contribution >= 4 is 52.0 Å². The molecule has 18 heteroatoms. The van der Waals surface area contributed by atoms with Gasteiger partial charge in [-0.1, -0.05) is 72.8 Å². The first-order valence-corrected chi connectivity index (χ1v) is 34.8. The summed E-state index contributed by atoms with van der Waals surface area (Å²) in [6, 6.07) is 49.5. The van der Waals surface area contributed by atoms with E-state index in [2.05, 4.69) is 131 Å². The van der Waals surface area contributed by atoms with Crippen LogP contribution in [-0.4, -0.2) is 109 Å². The van der Waals surface area contributed by atoms with Gasteiger partial charge in [-0.25, -0.2) is 29.9 Å². The SMILES string of the molecule is C1=C/COCc2cc(ccc2N2CCCCC2)Nc2nccc(n2)-c2cccc(c2)COC/1.C1=C/COCc2cc(ccc2N2CCCCC2)Nc2nccc(n2)-c2cccc(c2)OCC/1.C1=C\COc2cccc(c2)-c2ccnc(n2)Nc2ccc(N3CCCCC3)c(c2)COC/1. The van der Waals surface area contributed by atoms with Crippen LogP contribution in [-0.2, 0) is 45.4 Å². The Bertz CT molecular complexity index is 3970. The molecule has 3 saturated heterocycles. The summed E-state index contributed by atoms with van der Waals surface area (Å²) in [5.41, 5.74) is 16.9. The third-order valence-corrected chi connectivity index (χ3v) is 17.8. The van der Waals surface area contributed by atoms with Crippen LogP contribution in [0.4, 0.5) is 52.0 Å². The van der Waals surface area contributed by atoms with Gasteiger partial charge in [-0.05, 0) is 179 Å². The molecule has 98 heavy (non-hydrogen) atoms. The van der Waals surface area contributed by atoms with Gasteiger partial charge in [0.2, 0.25) is 17.8 Å². The number of anilines is 9. The molecule has 0 saturated carbocycles. The highest BCUT2D eigenvalue weighted by atomic mass is 16.5. The van der Waals surface area contributed by atoms with E-state index in [9.17, 15) is 0 Å². The molecule has 9 heterocycles. The fourth-order valence-electron chi connectivity index (χ4n) is 12.9. The average molecular weight is 1310 g/mol. The van der Waals surface area contributed by atoms with Crippen molar-refractivity contribution in [3.05, 3.63) is 223 Å². The van der Waals surface area contributed by atoms with Crippen LogP contribution >= 0.6 is 0 Å². The maximum absolute atomic E-state index is 6.02. The third-order valence-electron chi connectivity index (χ3n) is 17.8. The summed E-state index contributed by atoms with van der Waals surface area (Å²) >= 11 is 0.